The van der Waals surface area contributed by atoms with Crippen LogP contribution in [0, 0.1) is 6.92 Å². The van der Waals surface area contributed by atoms with Crippen LogP contribution in [-0.4, -0.2) is 51.0 Å². The maximum absolute atomic E-state index is 12.7. The molecule has 1 aliphatic carbocycles. The molecule has 0 spiro atoms. The number of carbonyl (C=O) groups excluding carboxylic acids is 1. The topological polar surface area (TPSA) is 101 Å². The Hall–Kier alpha value is -3.23. The summed E-state index contributed by atoms with van der Waals surface area (Å²) in [7, 11) is 0. The van der Waals surface area contributed by atoms with Gasteiger partial charge in [0, 0.05) is 44.0 Å². The number of anilines is 1. The summed E-state index contributed by atoms with van der Waals surface area (Å²) in [5.41, 5.74) is 5.14. The number of nitrogens with one attached hydrogen (secondary N) is 1. The van der Waals surface area contributed by atoms with Gasteiger partial charge in [0.2, 0.25) is 0 Å². The summed E-state index contributed by atoms with van der Waals surface area (Å²) in [6.45, 7) is 4.63. The summed E-state index contributed by atoms with van der Waals surface area (Å²) in [6, 6.07) is 8.36. The lowest BCUT2D eigenvalue weighted by Gasteiger charge is -2.31. The minimum atomic E-state index is -0.558. The molecular formula is C28H34N4O4. The number of oxazole rings is 1. The third-order valence-electron chi connectivity index (χ3n) is 7.27. The molecule has 8 nitrogen and oxygen atoms in total. The van der Waals surface area contributed by atoms with Crippen LogP contribution in [0.1, 0.15) is 65.0 Å². The number of carbonyl (C=O) groups is 1. The van der Waals surface area contributed by atoms with Gasteiger partial charge in [-0.3, -0.25) is 14.7 Å². The lowest BCUT2D eigenvalue weighted by Crippen LogP contribution is -2.37. The number of rotatable bonds is 11. The summed E-state index contributed by atoms with van der Waals surface area (Å²) in [6.07, 6.45) is 9.42. The van der Waals surface area contributed by atoms with Crippen LogP contribution < -0.4 is 10.1 Å². The molecule has 2 aromatic heterocycles. The van der Waals surface area contributed by atoms with Crippen molar-refractivity contribution in [2.75, 3.05) is 18.4 Å². The van der Waals surface area contributed by atoms with Crippen LogP contribution in [0.15, 0.2) is 47.5 Å². The number of aliphatic hydroxyl groups is 1. The molecule has 2 aliphatic rings. The second-order valence-electron chi connectivity index (χ2n) is 9.89. The predicted octanol–water partition coefficient (Wildman–Crippen LogP) is 4.30. The van der Waals surface area contributed by atoms with E-state index in [9.17, 15) is 9.90 Å². The van der Waals surface area contributed by atoms with Crippen molar-refractivity contribution >= 4 is 11.5 Å². The number of nitrogens with zero attached hydrogens (tertiary/aromatic N) is 3. The molecular weight excluding hydrogens is 456 g/mol. The molecule has 190 valence electrons. The molecule has 3 aromatic rings. The zero-order valence-electron chi connectivity index (χ0n) is 20.8. The number of pyridine rings is 1. The average Bonchev–Trinajstić information content (AvgIpc) is 3.38. The van der Waals surface area contributed by atoms with Crippen molar-refractivity contribution in [3.63, 3.8) is 0 Å². The largest absolute Gasteiger partial charge is 0.485 e. The monoisotopic (exact) mass is 490 g/mol. The average molecular weight is 491 g/mol. The Morgan fingerprint density at radius 2 is 2.22 bits per heavy atom. The lowest BCUT2D eigenvalue weighted by atomic mass is 9.93. The maximum Gasteiger partial charge on any atom is 0.181 e. The third-order valence-corrected chi connectivity index (χ3v) is 7.27. The highest BCUT2D eigenvalue weighted by Crippen LogP contribution is 2.30. The molecule has 1 aliphatic heterocycles. The van der Waals surface area contributed by atoms with Gasteiger partial charge in [0.25, 0.3) is 0 Å². The molecule has 0 saturated heterocycles. The van der Waals surface area contributed by atoms with Gasteiger partial charge in [-0.25, -0.2) is 4.98 Å². The van der Waals surface area contributed by atoms with E-state index in [-0.39, 0.29) is 12.2 Å². The van der Waals surface area contributed by atoms with Crippen LogP contribution in [-0.2, 0) is 19.6 Å². The van der Waals surface area contributed by atoms with E-state index in [1.165, 1.54) is 36.8 Å². The summed E-state index contributed by atoms with van der Waals surface area (Å²) in [4.78, 5) is 23.1. The van der Waals surface area contributed by atoms with Crippen molar-refractivity contribution in [2.45, 2.75) is 70.7 Å². The van der Waals surface area contributed by atoms with Crippen LogP contribution >= 0.6 is 0 Å². The molecule has 2 N–H and O–H groups in total. The first kappa shape index (κ1) is 24.5. The van der Waals surface area contributed by atoms with E-state index >= 15 is 0 Å². The summed E-state index contributed by atoms with van der Waals surface area (Å²) in [5, 5.41) is 14.1. The lowest BCUT2D eigenvalue weighted by molar-refractivity contribution is 0.0833. The number of aromatic nitrogens is 2. The molecule has 5 rings (SSSR count). The van der Waals surface area contributed by atoms with Gasteiger partial charge in [-0.2, -0.15) is 0 Å². The van der Waals surface area contributed by atoms with Crippen molar-refractivity contribution < 1.29 is 19.1 Å². The Morgan fingerprint density at radius 3 is 3.00 bits per heavy atom. The Labute approximate surface area is 211 Å². The Kier molecular flexibility index (Phi) is 7.63. The molecule has 0 bridgehead atoms. The van der Waals surface area contributed by atoms with Crippen LogP contribution in [0.25, 0.3) is 0 Å². The highest BCUT2D eigenvalue weighted by molar-refractivity contribution is 5.95. The number of benzene rings is 1. The molecule has 3 heterocycles. The fourth-order valence-electron chi connectivity index (χ4n) is 4.93. The third kappa shape index (κ3) is 5.94. The highest BCUT2D eigenvalue weighted by atomic mass is 16.5. The molecule has 0 unspecified atom stereocenters. The Balaban J connectivity index is 1.10. The molecule has 0 radical (unpaired) electrons. The number of β-amino-alcohol motifs (C(OH)–C–C–N with tert-alkyl or cyclic N) is 1. The summed E-state index contributed by atoms with van der Waals surface area (Å²) in [5.74, 6) is 1.53. The van der Waals surface area contributed by atoms with Crippen LogP contribution in [0.2, 0.25) is 0 Å². The number of fused-ring (bicyclic) bond motifs is 1. The molecule has 36 heavy (non-hydrogen) atoms. The van der Waals surface area contributed by atoms with E-state index in [1.807, 2.05) is 18.2 Å². The maximum atomic E-state index is 12.7. The fourth-order valence-corrected chi connectivity index (χ4v) is 4.93. The first-order valence-electron chi connectivity index (χ1n) is 12.8. The van der Waals surface area contributed by atoms with Gasteiger partial charge in [-0.05, 0) is 73.9 Å². The first-order valence-corrected chi connectivity index (χ1v) is 12.8. The van der Waals surface area contributed by atoms with Gasteiger partial charge in [0.15, 0.2) is 17.9 Å². The zero-order chi connectivity index (χ0) is 24.9. The molecule has 8 heteroatoms. The number of hydrogen-bond acceptors (Lipinski definition) is 8. The number of ketones is 1. The van der Waals surface area contributed by atoms with E-state index < -0.39 is 6.10 Å². The van der Waals surface area contributed by atoms with E-state index in [2.05, 4.69) is 33.2 Å². The Morgan fingerprint density at radius 1 is 1.33 bits per heavy atom. The van der Waals surface area contributed by atoms with E-state index in [0.717, 1.165) is 36.5 Å². The van der Waals surface area contributed by atoms with Gasteiger partial charge < -0.3 is 19.6 Å². The van der Waals surface area contributed by atoms with Crippen molar-refractivity contribution in [1.82, 2.24) is 14.9 Å². The molecule has 1 saturated carbocycles. The second kappa shape index (κ2) is 11.2. The number of aliphatic hydroxyl groups excluding tert-OH is 1. The Bertz CT molecular complexity index is 1180. The number of hydrogen-bond donors (Lipinski definition) is 2. The molecule has 1 atom stereocenters. The predicted molar refractivity (Wildman–Crippen MR) is 136 cm³/mol. The van der Waals surface area contributed by atoms with E-state index in [0.29, 0.717) is 37.1 Å². The van der Waals surface area contributed by atoms with Crippen LogP contribution in [0.5, 0.6) is 5.75 Å². The standard InChI is InChI=1S/C28H34N4O4/c1-19-25-10-12-32(15-20(25)5-8-28(19)35-17-24-14-29-18-36-24)16-23(33)6-7-27(34)26-13-22(9-11-30-26)31-21-3-2-4-21/h5,8-9,11,13-14,18,21,23,33H,2-4,6-7,10,12,15-17H2,1H3,(H,30,31)/t23-/m0/s1. The first-order chi connectivity index (χ1) is 17.5. The highest BCUT2D eigenvalue weighted by Gasteiger charge is 2.23. The van der Waals surface area contributed by atoms with E-state index in [4.69, 9.17) is 9.15 Å². The second-order valence-corrected chi connectivity index (χ2v) is 9.89. The summed E-state index contributed by atoms with van der Waals surface area (Å²) < 4.78 is 11.2. The van der Waals surface area contributed by atoms with E-state index in [1.54, 1.807) is 12.4 Å². The van der Waals surface area contributed by atoms with Gasteiger partial charge in [-0.15, -0.1) is 0 Å². The molecule has 1 fully saturated rings. The van der Waals surface area contributed by atoms with Gasteiger partial charge in [-0.1, -0.05) is 6.07 Å². The van der Waals surface area contributed by atoms with Gasteiger partial charge >= 0.3 is 0 Å². The van der Waals surface area contributed by atoms with Gasteiger partial charge in [0.05, 0.1) is 12.3 Å². The smallest absolute Gasteiger partial charge is 0.181 e. The van der Waals surface area contributed by atoms with Crippen molar-refractivity contribution in [2.24, 2.45) is 0 Å². The van der Waals surface area contributed by atoms with Crippen LogP contribution in [0.3, 0.4) is 0 Å². The minimum absolute atomic E-state index is 0.0243. The molecule has 0 amide bonds. The van der Waals surface area contributed by atoms with Crippen molar-refractivity contribution in [3.05, 3.63) is 71.2 Å². The zero-order valence-corrected chi connectivity index (χ0v) is 20.8. The van der Waals surface area contributed by atoms with Crippen molar-refractivity contribution in [3.8, 4) is 5.75 Å². The summed E-state index contributed by atoms with van der Waals surface area (Å²) >= 11 is 0. The van der Waals surface area contributed by atoms with Crippen molar-refractivity contribution in [1.29, 1.82) is 0 Å². The number of ether oxygens (including phenoxy) is 1. The molecule has 1 aromatic carbocycles. The SMILES string of the molecule is Cc1c(OCc2cnco2)ccc2c1CCN(C[C@@H](O)CCC(=O)c1cc(NC3CCC3)ccn1)C2. The fraction of sp³-hybridized carbons (Fsp3) is 0.464. The normalized spacial score (nSPS) is 16.7. The van der Waals surface area contributed by atoms with Gasteiger partial charge in [0.1, 0.15) is 18.1 Å². The van der Waals surface area contributed by atoms with Crippen LogP contribution in [0.4, 0.5) is 5.69 Å². The number of Topliss-reactive ketones (excluding diaryl/α,β-unsaturated/α-hetero) is 1. The quantitative estimate of drug-likeness (QED) is 0.384. The minimum Gasteiger partial charge on any atom is -0.485 e.